The Labute approximate surface area is 205 Å². The minimum atomic E-state index is -0.727. The largest absolute Gasteiger partial charge is 0.396 e. The summed E-state index contributed by atoms with van der Waals surface area (Å²) in [6.07, 6.45) is 7.90. The molecule has 190 valence electrons. The van der Waals surface area contributed by atoms with Crippen LogP contribution in [0.1, 0.15) is 32.3 Å². The Balaban J connectivity index is 0.00000103. The fourth-order valence-corrected chi connectivity index (χ4v) is 4.12. The lowest BCUT2D eigenvalue weighted by atomic mass is 10.1. The van der Waals surface area contributed by atoms with Gasteiger partial charge >= 0.3 is 5.69 Å². The predicted octanol–water partition coefficient (Wildman–Crippen LogP) is 1.05. The molecule has 0 aromatic heterocycles. The molecule has 10 nitrogen and oxygen atoms in total. The van der Waals surface area contributed by atoms with Crippen molar-refractivity contribution < 1.29 is 10.2 Å². The van der Waals surface area contributed by atoms with Crippen LogP contribution in [0.5, 0.6) is 0 Å². The molecule has 3 N–H and O–H groups in total. The van der Waals surface area contributed by atoms with E-state index >= 15 is 0 Å². The van der Waals surface area contributed by atoms with Crippen molar-refractivity contribution in [2.45, 2.75) is 46.3 Å². The Hall–Kier alpha value is -3.26. The third kappa shape index (κ3) is 6.45. The molecule has 1 aromatic rings. The number of aryl methyl sites for hydroxylation is 2. The van der Waals surface area contributed by atoms with Gasteiger partial charge in [0, 0.05) is 45.0 Å². The third-order valence-electron chi connectivity index (χ3n) is 5.92. The van der Waals surface area contributed by atoms with Gasteiger partial charge in [-0.15, -0.1) is 12.8 Å². The van der Waals surface area contributed by atoms with Crippen LogP contribution in [0.4, 0.5) is 5.69 Å². The zero-order valence-corrected chi connectivity index (χ0v) is 21.0. The molecule has 1 aromatic carbocycles. The second-order valence-electron chi connectivity index (χ2n) is 8.18. The summed E-state index contributed by atoms with van der Waals surface area (Å²) < 4.78 is 1.79. The van der Waals surface area contributed by atoms with Crippen molar-refractivity contribution in [3.05, 3.63) is 38.5 Å². The van der Waals surface area contributed by atoms with Gasteiger partial charge in [-0.2, -0.15) is 4.98 Å². The first-order valence-corrected chi connectivity index (χ1v) is 11.9. The summed E-state index contributed by atoms with van der Waals surface area (Å²) in [6, 6.07) is 3.99. The minimum absolute atomic E-state index is 0.0931. The van der Waals surface area contributed by atoms with E-state index in [9.17, 15) is 14.7 Å². The first kappa shape index (κ1) is 28.0. The quantitative estimate of drug-likeness (QED) is 0.350. The number of H-pyrrole nitrogens is 1. The number of aliphatic hydroxyl groups excluding tert-OH is 2. The number of terminal acetylenes is 1. The van der Waals surface area contributed by atoms with Crippen LogP contribution in [0.25, 0.3) is 22.6 Å². The van der Waals surface area contributed by atoms with Gasteiger partial charge in [0.05, 0.1) is 17.1 Å². The van der Waals surface area contributed by atoms with Gasteiger partial charge < -0.3 is 24.6 Å². The van der Waals surface area contributed by atoms with Crippen molar-refractivity contribution in [2.24, 2.45) is 0 Å². The zero-order valence-electron chi connectivity index (χ0n) is 21.0. The zero-order chi connectivity index (χ0) is 26.1. The van der Waals surface area contributed by atoms with Crippen LogP contribution < -0.4 is 16.1 Å². The van der Waals surface area contributed by atoms with Gasteiger partial charge in [-0.05, 0) is 44.5 Å². The highest BCUT2D eigenvalue weighted by Crippen LogP contribution is 2.29. The van der Waals surface area contributed by atoms with Crippen LogP contribution in [-0.4, -0.2) is 80.6 Å². The highest BCUT2D eigenvalue weighted by atomic mass is 16.3. The number of nitrogens with zero attached hydrogens (tertiary/aromatic N) is 5. The smallest absolute Gasteiger partial charge is 0.349 e. The lowest BCUT2D eigenvalue weighted by Gasteiger charge is -2.35. The highest BCUT2D eigenvalue weighted by Gasteiger charge is 2.22. The number of rotatable bonds is 6. The van der Waals surface area contributed by atoms with Gasteiger partial charge in [0.1, 0.15) is 0 Å². The molecule has 10 heteroatoms. The van der Waals surface area contributed by atoms with Crippen LogP contribution >= 0.6 is 0 Å². The Kier molecular flexibility index (Phi) is 10.4. The van der Waals surface area contributed by atoms with E-state index in [1.807, 2.05) is 32.9 Å². The van der Waals surface area contributed by atoms with Crippen LogP contribution in [-0.2, 0) is 6.54 Å². The molecule has 3 aliphatic rings. The van der Waals surface area contributed by atoms with Crippen molar-refractivity contribution in [1.82, 2.24) is 24.4 Å². The van der Waals surface area contributed by atoms with E-state index in [-0.39, 0.29) is 24.5 Å². The fourth-order valence-electron chi connectivity index (χ4n) is 4.12. The standard InChI is InChI=1S/C21H28N6O4.C2H6.C2H2/c1-13-11-15-17(12-16(13)26-8-6-25(2)7-9-26)27(5-3-14(29)4-10-28)19-18(22-15)20(30)24-21(31)23-19;2*1-2/h11-12,14,28-29H,3-10H2,1-2H3,(H,24,30,31);1-2H3;1-2H/t14-;;/m0../s1. The molecule has 0 saturated carbocycles. The summed E-state index contributed by atoms with van der Waals surface area (Å²) in [5, 5.41) is 19.2. The third-order valence-corrected chi connectivity index (χ3v) is 5.92. The molecule has 0 aliphatic carbocycles. The molecule has 0 amide bonds. The molecule has 3 heterocycles. The summed E-state index contributed by atoms with van der Waals surface area (Å²) >= 11 is 0. The van der Waals surface area contributed by atoms with Gasteiger partial charge in [0.25, 0.3) is 5.56 Å². The molecule has 0 bridgehead atoms. The number of hydrogen-bond acceptors (Lipinski definition) is 8. The minimum Gasteiger partial charge on any atom is -0.396 e. The van der Waals surface area contributed by atoms with E-state index in [4.69, 9.17) is 5.11 Å². The van der Waals surface area contributed by atoms with Gasteiger partial charge in [0.15, 0.2) is 11.5 Å². The molecule has 1 saturated heterocycles. The first-order valence-electron chi connectivity index (χ1n) is 11.9. The number of benzene rings is 1. The van der Waals surface area contributed by atoms with E-state index in [0.717, 1.165) is 42.9 Å². The summed E-state index contributed by atoms with van der Waals surface area (Å²) in [7, 11) is 2.11. The summed E-state index contributed by atoms with van der Waals surface area (Å²) in [5.41, 5.74) is 2.30. The lowest BCUT2D eigenvalue weighted by Crippen LogP contribution is -2.44. The molecule has 0 unspecified atom stereocenters. The molecular weight excluding hydrogens is 448 g/mol. The van der Waals surface area contributed by atoms with Crippen molar-refractivity contribution in [3.8, 4) is 24.4 Å². The summed E-state index contributed by atoms with van der Waals surface area (Å²) in [5.74, 6) is 0.200. The van der Waals surface area contributed by atoms with Crippen molar-refractivity contribution in [2.75, 3.05) is 44.7 Å². The van der Waals surface area contributed by atoms with Crippen LogP contribution in [0.15, 0.2) is 21.7 Å². The van der Waals surface area contributed by atoms with Crippen molar-refractivity contribution >= 4 is 16.7 Å². The van der Waals surface area contributed by atoms with Crippen LogP contribution in [0, 0.1) is 19.8 Å². The number of piperazine rings is 1. The number of aromatic nitrogens is 4. The van der Waals surface area contributed by atoms with Crippen LogP contribution in [0.3, 0.4) is 0 Å². The fraction of sp³-hybridized carbons (Fsp3) is 0.520. The number of fused-ring (bicyclic) bond motifs is 2. The lowest BCUT2D eigenvalue weighted by molar-refractivity contribution is 0.121. The normalized spacial score (nSPS) is 14.7. The molecule has 1 fully saturated rings. The van der Waals surface area contributed by atoms with E-state index in [1.54, 1.807) is 4.57 Å². The van der Waals surface area contributed by atoms with Gasteiger partial charge in [-0.3, -0.25) is 9.78 Å². The maximum absolute atomic E-state index is 12.4. The highest BCUT2D eigenvalue weighted by molar-refractivity contribution is 5.84. The van der Waals surface area contributed by atoms with Gasteiger partial charge in [-0.25, -0.2) is 9.78 Å². The summed E-state index contributed by atoms with van der Waals surface area (Å²) in [6.45, 7) is 9.99. The topological polar surface area (TPSA) is 128 Å². The molecule has 0 radical (unpaired) electrons. The van der Waals surface area contributed by atoms with E-state index in [1.165, 1.54) is 0 Å². The van der Waals surface area contributed by atoms with Crippen molar-refractivity contribution in [1.29, 1.82) is 0 Å². The monoisotopic (exact) mass is 484 g/mol. The number of aliphatic hydroxyl groups is 2. The number of likely N-dealkylation sites (N-methyl/N-ethyl adjacent to an activating group) is 1. The predicted molar refractivity (Wildman–Crippen MR) is 139 cm³/mol. The second-order valence-corrected chi connectivity index (χ2v) is 8.18. The molecule has 0 spiro atoms. The molecular formula is C25H36N6O4. The number of nitrogens with one attached hydrogen (secondary N) is 1. The van der Waals surface area contributed by atoms with Gasteiger partial charge in [-0.1, -0.05) is 13.8 Å². The number of hydrogen-bond donors (Lipinski definition) is 3. The number of anilines is 1. The molecule has 4 rings (SSSR count). The van der Waals surface area contributed by atoms with E-state index < -0.39 is 17.4 Å². The van der Waals surface area contributed by atoms with E-state index in [0.29, 0.717) is 18.5 Å². The Morgan fingerprint density at radius 1 is 1.09 bits per heavy atom. The van der Waals surface area contributed by atoms with E-state index in [2.05, 4.69) is 44.6 Å². The second kappa shape index (κ2) is 13.0. The van der Waals surface area contributed by atoms with Crippen molar-refractivity contribution in [3.63, 3.8) is 0 Å². The van der Waals surface area contributed by atoms with Crippen LogP contribution in [0.2, 0.25) is 0 Å². The SMILES string of the molecule is C#C.CC.Cc1cc2nc3c(=O)[nH]c(=O)nc-3n(CC[C@H](O)CCO)c2cc1N1CCN(C)CC1. The Bertz CT molecular complexity index is 1210. The molecule has 35 heavy (non-hydrogen) atoms. The Morgan fingerprint density at radius 2 is 1.74 bits per heavy atom. The first-order chi connectivity index (χ1) is 16.9. The Morgan fingerprint density at radius 3 is 2.37 bits per heavy atom. The molecule has 1 atom stereocenters. The average Bonchev–Trinajstić information content (AvgIpc) is 2.85. The maximum Gasteiger partial charge on any atom is 0.349 e. The average molecular weight is 485 g/mol. The van der Waals surface area contributed by atoms with Gasteiger partial charge in [0.2, 0.25) is 0 Å². The maximum atomic E-state index is 12.4. The molecule has 3 aliphatic heterocycles. The number of aromatic amines is 1. The summed E-state index contributed by atoms with van der Waals surface area (Å²) in [4.78, 5) is 39.7.